The van der Waals surface area contributed by atoms with Crippen molar-refractivity contribution in [1.29, 1.82) is 0 Å². The second-order valence-corrected chi connectivity index (χ2v) is 14.5. The zero-order valence-corrected chi connectivity index (χ0v) is 30.6. The summed E-state index contributed by atoms with van der Waals surface area (Å²) in [5.74, 6) is -0.810. The molecule has 54 heavy (non-hydrogen) atoms. The molecule has 4 atom stereocenters. The van der Waals surface area contributed by atoms with Gasteiger partial charge in [-0.05, 0) is 59.3 Å². The van der Waals surface area contributed by atoms with E-state index in [0.29, 0.717) is 0 Å². The van der Waals surface area contributed by atoms with E-state index in [2.05, 4.69) is 10.2 Å². The lowest BCUT2D eigenvalue weighted by atomic mass is 9.97. The molecule has 3 fully saturated rings. The van der Waals surface area contributed by atoms with Crippen LogP contribution in [-0.4, -0.2) is 64.6 Å². The molecule has 3 saturated heterocycles. The number of aliphatic hydroxyl groups is 1. The van der Waals surface area contributed by atoms with Crippen LogP contribution in [0.3, 0.4) is 0 Å². The van der Waals surface area contributed by atoms with Gasteiger partial charge in [0.05, 0.1) is 31.8 Å². The number of nitrogens with one attached hydrogen (secondary N) is 1. The number of rotatable bonds is 11. The SMILES string of the molecule is O=C(NC1CC(=O)N(Cc2ccccc2-c2ccc([C@@H]3O[C@H](CN4CCCCCCC4)C[C@H](c4ccc(CO)cc4)O3)cc2)C1=O)OCc1ccccc1. The molecule has 3 amide bonds. The molecule has 0 aliphatic carbocycles. The van der Waals surface area contributed by atoms with Crippen LogP contribution >= 0.6 is 0 Å². The van der Waals surface area contributed by atoms with Crippen molar-refractivity contribution in [3.63, 3.8) is 0 Å². The third kappa shape index (κ3) is 9.43. The van der Waals surface area contributed by atoms with E-state index in [4.69, 9.17) is 14.2 Å². The number of hydrogen-bond acceptors (Lipinski definition) is 8. The summed E-state index contributed by atoms with van der Waals surface area (Å²) >= 11 is 0. The van der Waals surface area contributed by atoms with Crippen LogP contribution in [0.25, 0.3) is 11.1 Å². The molecular weight excluding hydrogens is 682 g/mol. The summed E-state index contributed by atoms with van der Waals surface area (Å²) in [5.41, 5.74) is 6.29. The maximum absolute atomic E-state index is 13.3. The van der Waals surface area contributed by atoms with Crippen LogP contribution in [0.2, 0.25) is 0 Å². The standard InChI is InChI=1S/C44H49N3O7/c48-29-31-15-17-34(18-16-31)40-25-37(28-46-23-9-2-1-3-10-24-46)53-43(54-40)35-21-19-33(20-22-35)38-14-8-7-13-36(38)27-47-41(49)26-39(42(47)50)45-44(51)52-30-32-11-5-4-6-12-32/h4-8,11-22,37,39-40,43,48H,1-3,9-10,23-30H2,(H,45,51)/t37-,39?,40+,43+/m0/s1. The van der Waals surface area contributed by atoms with E-state index in [1.165, 1.54) is 37.0 Å². The second-order valence-electron chi connectivity index (χ2n) is 14.5. The van der Waals surface area contributed by atoms with Crippen molar-refractivity contribution in [2.24, 2.45) is 0 Å². The number of alkyl carbamates (subject to hydrolysis) is 1. The first-order chi connectivity index (χ1) is 26.4. The minimum absolute atomic E-state index is 0.00101. The van der Waals surface area contributed by atoms with Crippen LogP contribution in [0, 0.1) is 0 Å². The molecule has 3 heterocycles. The van der Waals surface area contributed by atoms with Gasteiger partial charge in [0.15, 0.2) is 6.29 Å². The molecule has 4 aromatic carbocycles. The van der Waals surface area contributed by atoms with E-state index in [1.807, 2.05) is 103 Å². The average Bonchev–Trinajstić information content (AvgIpc) is 3.45. The number of imide groups is 1. The van der Waals surface area contributed by atoms with Gasteiger partial charge in [0.1, 0.15) is 12.6 Å². The summed E-state index contributed by atoms with van der Waals surface area (Å²) in [5, 5.41) is 12.2. The smallest absolute Gasteiger partial charge is 0.408 e. The largest absolute Gasteiger partial charge is 0.445 e. The quantitative estimate of drug-likeness (QED) is 0.156. The van der Waals surface area contributed by atoms with Gasteiger partial charge < -0.3 is 29.5 Å². The number of ether oxygens (including phenoxy) is 3. The Balaban J connectivity index is 1.03. The molecule has 282 valence electrons. The number of likely N-dealkylation sites (tertiary alicyclic amines) is 2. The Morgan fingerprint density at radius 3 is 2.20 bits per heavy atom. The Morgan fingerprint density at radius 1 is 0.778 bits per heavy atom. The predicted octanol–water partition coefficient (Wildman–Crippen LogP) is 7.21. The van der Waals surface area contributed by atoms with E-state index in [9.17, 15) is 19.5 Å². The fraction of sp³-hybridized carbons (Fsp3) is 0.386. The Bertz CT molecular complexity index is 1860. The summed E-state index contributed by atoms with van der Waals surface area (Å²) in [6, 6.07) is 32.0. The minimum atomic E-state index is -0.980. The Hall–Kier alpha value is -4.87. The van der Waals surface area contributed by atoms with E-state index in [-0.39, 0.29) is 44.3 Å². The van der Waals surface area contributed by atoms with Gasteiger partial charge in [0.2, 0.25) is 5.91 Å². The zero-order valence-electron chi connectivity index (χ0n) is 30.6. The van der Waals surface area contributed by atoms with E-state index in [0.717, 1.165) is 65.0 Å². The van der Waals surface area contributed by atoms with E-state index >= 15 is 0 Å². The number of nitrogens with zero attached hydrogens (tertiary/aromatic N) is 2. The molecule has 0 bridgehead atoms. The zero-order chi connectivity index (χ0) is 37.3. The summed E-state index contributed by atoms with van der Waals surface area (Å²) in [7, 11) is 0. The molecule has 0 aromatic heterocycles. The molecule has 7 rings (SSSR count). The van der Waals surface area contributed by atoms with Crippen molar-refractivity contribution >= 4 is 17.9 Å². The molecule has 10 nitrogen and oxygen atoms in total. The molecular formula is C44H49N3O7. The number of hydrogen-bond donors (Lipinski definition) is 2. The average molecular weight is 732 g/mol. The molecule has 0 radical (unpaired) electrons. The Kier molecular flexibility index (Phi) is 12.5. The van der Waals surface area contributed by atoms with Crippen molar-refractivity contribution in [3.8, 4) is 11.1 Å². The third-order valence-corrected chi connectivity index (χ3v) is 10.6. The summed E-state index contributed by atoms with van der Waals surface area (Å²) in [6.07, 6.45) is 5.44. The van der Waals surface area contributed by atoms with Crippen molar-refractivity contribution < 1.29 is 33.7 Å². The van der Waals surface area contributed by atoms with E-state index in [1.54, 1.807) is 0 Å². The molecule has 3 aliphatic rings. The van der Waals surface area contributed by atoms with Gasteiger partial charge in [-0.15, -0.1) is 0 Å². The minimum Gasteiger partial charge on any atom is -0.445 e. The van der Waals surface area contributed by atoms with Gasteiger partial charge >= 0.3 is 6.09 Å². The summed E-state index contributed by atoms with van der Waals surface area (Å²) < 4.78 is 18.6. The first-order valence-electron chi connectivity index (χ1n) is 19.2. The van der Waals surface area contributed by atoms with Crippen molar-refractivity contribution in [1.82, 2.24) is 15.1 Å². The van der Waals surface area contributed by atoms with Gasteiger partial charge in [0, 0.05) is 18.5 Å². The third-order valence-electron chi connectivity index (χ3n) is 10.6. The van der Waals surface area contributed by atoms with Gasteiger partial charge in [-0.2, -0.15) is 0 Å². The number of carbonyl (C=O) groups is 3. The second kappa shape index (κ2) is 18.0. The van der Waals surface area contributed by atoms with E-state index < -0.39 is 24.3 Å². The normalized spacial score (nSPS) is 22.4. The van der Waals surface area contributed by atoms with Gasteiger partial charge in [-0.25, -0.2) is 4.79 Å². The number of carbonyl (C=O) groups excluding carboxylic acids is 3. The molecule has 0 spiro atoms. The lowest BCUT2D eigenvalue weighted by Crippen LogP contribution is -2.41. The highest BCUT2D eigenvalue weighted by molar-refractivity contribution is 6.06. The highest BCUT2D eigenvalue weighted by atomic mass is 16.7. The fourth-order valence-electron chi connectivity index (χ4n) is 7.62. The lowest BCUT2D eigenvalue weighted by Gasteiger charge is -2.39. The first-order valence-corrected chi connectivity index (χ1v) is 19.2. The molecule has 1 unspecified atom stereocenters. The van der Waals surface area contributed by atoms with Crippen molar-refractivity contribution in [3.05, 3.63) is 131 Å². The van der Waals surface area contributed by atoms with Gasteiger partial charge in [-0.3, -0.25) is 14.5 Å². The molecule has 3 aliphatic heterocycles. The van der Waals surface area contributed by atoms with Gasteiger partial charge in [-0.1, -0.05) is 122 Å². The predicted molar refractivity (Wildman–Crippen MR) is 204 cm³/mol. The topological polar surface area (TPSA) is 118 Å². The lowest BCUT2D eigenvalue weighted by molar-refractivity contribution is -0.253. The van der Waals surface area contributed by atoms with Crippen LogP contribution in [-0.2, 0) is 43.6 Å². The fourth-order valence-corrected chi connectivity index (χ4v) is 7.62. The van der Waals surface area contributed by atoms with Crippen LogP contribution in [0.5, 0.6) is 0 Å². The molecule has 2 N–H and O–H groups in total. The van der Waals surface area contributed by atoms with Crippen molar-refractivity contribution in [2.45, 2.75) is 89.2 Å². The molecule has 0 saturated carbocycles. The highest BCUT2D eigenvalue weighted by Crippen LogP contribution is 2.39. The Labute approximate surface area is 317 Å². The van der Waals surface area contributed by atoms with Crippen molar-refractivity contribution in [2.75, 3.05) is 19.6 Å². The Morgan fingerprint density at radius 2 is 1.46 bits per heavy atom. The number of amides is 3. The number of aliphatic hydroxyl groups excluding tert-OH is 1. The van der Waals surface area contributed by atoms with Gasteiger partial charge in [0.25, 0.3) is 5.91 Å². The van der Waals surface area contributed by atoms with Crippen LogP contribution < -0.4 is 5.32 Å². The van der Waals surface area contributed by atoms with Crippen LogP contribution in [0.4, 0.5) is 4.79 Å². The maximum Gasteiger partial charge on any atom is 0.408 e. The summed E-state index contributed by atoms with van der Waals surface area (Å²) in [4.78, 5) is 42.6. The monoisotopic (exact) mass is 731 g/mol. The maximum atomic E-state index is 13.3. The molecule has 10 heteroatoms. The molecule has 4 aromatic rings. The first kappa shape index (κ1) is 37.4. The van der Waals surface area contributed by atoms with Crippen LogP contribution in [0.15, 0.2) is 103 Å². The summed E-state index contributed by atoms with van der Waals surface area (Å²) in [6.45, 7) is 3.17. The highest BCUT2D eigenvalue weighted by Gasteiger charge is 2.40. The van der Waals surface area contributed by atoms with Crippen LogP contribution in [0.1, 0.15) is 85.2 Å². The number of benzene rings is 4.